The van der Waals surface area contributed by atoms with Gasteiger partial charge < -0.3 is 5.73 Å². The van der Waals surface area contributed by atoms with Gasteiger partial charge in [0.05, 0.1) is 4.92 Å². The van der Waals surface area contributed by atoms with Crippen molar-refractivity contribution in [3.05, 3.63) is 75.3 Å². The Hall–Kier alpha value is -2.20. The van der Waals surface area contributed by atoms with Gasteiger partial charge in [-0.15, -0.1) is 0 Å². The molecule has 0 aliphatic rings. The van der Waals surface area contributed by atoms with Gasteiger partial charge in [0.2, 0.25) is 0 Å². The number of para-hydroxylation sites is 1. The monoisotopic (exact) mass is 270 g/mol. The molecule has 1 unspecified atom stereocenters. The molecule has 0 aliphatic carbocycles. The smallest absolute Gasteiger partial charge is 0.272 e. The Labute approximate surface area is 118 Å². The van der Waals surface area contributed by atoms with Crippen LogP contribution in [0.25, 0.3) is 0 Å². The van der Waals surface area contributed by atoms with Crippen LogP contribution < -0.4 is 5.73 Å². The Morgan fingerprint density at radius 1 is 1.15 bits per heavy atom. The molecule has 4 heteroatoms. The highest BCUT2D eigenvalue weighted by Crippen LogP contribution is 2.19. The molecule has 2 rings (SSSR count). The highest BCUT2D eigenvalue weighted by molar-refractivity contribution is 5.40. The first-order chi connectivity index (χ1) is 9.56. The number of nitro groups is 1. The molecule has 2 aromatic carbocycles. The second kappa shape index (κ2) is 6.30. The lowest BCUT2D eigenvalue weighted by atomic mass is 9.98. The van der Waals surface area contributed by atoms with Crippen LogP contribution in [-0.4, -0.2) is 11.0 Å². The molecule has 0 amide bonds. The van der Waals surface area contributed by atoms with Crippen molar-refractivity contribution in [1.29, 1.82) is 0 Å². The van der Waals surface area contributed by atoms with Gasteiger partial charge in [-0.1, -0.05) is 48.0 Å². The number of hydrogen-bond acceptors (Lipinski definition) is 3. The molecule has 0 aromatic heterocycles. The second-order valence-corrected chi connectivity index (χ2v) is 5.04. The third-order valence-corrected chi connectivity index (χ3v) is 3.25. The summed E-state index contributed by atoms with van der Waals surface area (Å²) in [7, 11) is 0. The molecule has 1 atom stereocenters. The third-order valence-electron chi connectivity index (χ3n) is 3.25. The SMILES string of the molecule is Cc1cccc(CC(N)Cc2ccccc2[N+](=O)[O-])c1. The van der Waals surface area contributed by atoms with Gasteiger partial charge in [0.15, 0.2) is 0 Å². The Balaban J connectivity index is 2.08. The minimum atomic E-state index is -0.352. The summed E-state index contributed by atoms with van der Waals surface area (Å²) in [4.78, 5) is 10.6. The Kier molecular flexibility index (Phi) is 4.48. The van der Waals surface area contributed by atoms with Crippen LogP contribution in [-0.2, 0) is 12.8 Å². The zero-order chi connectivity index (χ0) is 14.5. The molecule has 4 nitrogen and oxygen atoms in total. The largest absolute Gasteiger partial charge is 0.327 e. The van der Waals surface area contributed by atoms with Crippen molar-refractivity contribution in [2.75, 3.05) is 0 Å². The molecule has 0 aliphatic heterocycles. The van der Waals surface area contributed by atoms with Crippen LogP contribution in [0.5, 0.6) is 0 Å². The molecule has 0 bridgehead atoms. The number of rotatable bonds is 5. The first-order valence-corrected chi connectivity index (χ1v) is 6.59. The summed E-state index contributed by atoms with van der Waals surface area (Å²) in [5.41, 5.74) is 9.33. The molecule has 0 saturated heterocycles. The fraction of sp³-hybridized carbons (Fsp3) is 0.250. The fourth-order valence-electron chi connectivity index (χ4n) is 2.36. The average molecular weight is 270 g/mol. The van der Waals surface area contributed by atoms with Crippen LogP contribution in [0, 0.1) is 17.0 Å². The summed E-state index contributed by atoms with van der Waals surface area (Å²) in [6, 6.07) is 14.8. The Morgan fingerprint density at radius 3 is 2.60 bits per heavy atom. The summed E-state index contributed by atoms with van der Waals surface area (Å²) >= 11 is 0. The van der Waals surface area contributed by atoms with E-state index in [1.807, 2.05) is 31.2 Å². The second-order valence-electron chi connectivity index (χ2n) is 5.04. The van der Waals surface area contributed by atoms with Gasteiger partial charge in [-0.05, 0) is 25.3 Å². The van der Waals surface area contributed by atoms with E-state index in [2.05, 4.69) is 6.07 Å². The van der Waals surface area contributed by atoms with Crippen LogP contribution in [0.15, 0.2) is 48.5 Å². The number of nitrogens with two attached hydrogens (primary N) is 1. The van der Waals surface area contributed by atoms with Crippen LogP contribution in [0.2, 0.25) is 0 Å². The number of aryl methyl sites for hydroxylation is 1. The van der Waals surface area contributed by atoms with E-state index >= 15 is 0 Å². The van der Waals surface area contributed by atoms with Gasteiger partial charge in [0.25, 0.3) is 5.69 Å². The maximum atomic E-state index is 11.0. The molecular weight excluding hydrogens is 252 g/mol. The van der Waals surface area contributed by atoms with E-state index in [0.717, 1.165) is 5.56 Å². The van der Waals surface area contributed by atoms with Crippen LogP contribution in [0.1, 0.15) is 16.7 Å². The third kappa shape index (κ3) is 3.65. The highest BCUT2D eigenvalue weighted by Gasteiger charge is 2.15. The lowest BCUT2D eigenvalue weighted by Gasteiger charge is -2.12. The van der Waals surface area contributed by atoms with Crippen molar-refractivity contribution in [2.45, 2.75) is 25.8 Å². The number of nitrogens with zero attached hydrogens (tertiary/aromatic N) is 1. The van der Waals surface area contributed by atoms with E-state index in [4.69, 9.17) is 5.73 Å². The van der Waals surface area contributed by atoms with Crippen molar-refractivity contribution in [3.63, 3.8) is 0 Å². The molecule has 2 N–H and O–H groups in total. The minimum absolute atomic E-state index is 0.127. The molecule has 20 heavy (non-hydrogen) atoms. The molecule has 0 saturated carbocycles. The number of benzene rings is 2. The first-order valence-electron chi connectivity index (χ1n) is 6.59. The summed E-state index contributed by atoms with van der Waals surface area (Å²) in [5.74, 6) is 0. The quantitative estimate of drug-likeness (QED) is 0.670. The summed E-state index contributed by atoms with van der Waals surface area (Å²) in [5, 5.41) is 11.0. The molecule has 0 heterocycles. The van der Waals surface area contributed by atoms with Crippen molar-refractivity contribution in [2.24, 2.45) is 5.73 Å². The van der Waals surface area contributed by atoms with E-state index in [0.29, 0.717) is 18.4 Å². The first kappa shape index (κ1) is 14.2. The Morgan fingerprint density at radius 2 is 1.90 bits per heavy atom. The zero-order valence-corrected chi connectivity index (χ0v) is 11.5. The van der Waals surface area contributed by atoms with Crippen molar-refractivity contribution < 1.29 is 4.92 Å². The van der Waals surface area contributed by atoms with Gasteiger partial charge >= 0.3 is 0 Å². The standard InChI is InChI=1S/C16H18N2O2/c1-12-5-4-6-13(9-12)10-15(17)11-14-7-2-3-8-16(14)18(19)20/h2-9,15H,10-11,17H2,1H3. The molecular formula is C16H18N2O2. The van der Waals surface area contributed by atoms with Crippen molar-refractivity contribution in [3.8, 4) is 0 Å². The maximum Gasteiger partial charge on any atom is 0.272 e. The predicted octanol–water partition coefficient (Wildman–Crippen LogP) is 3.02. The summed E-state index contributed by atoms with van der Waals surface area (Å²) in [6.07, 6.45) is 1.22. The Bertz CT molecular complexity index is 611. The van der Waals surface area contributed by atoms with Crippen LogP contribution >= 0.6 is 0 Å². The van der Waals surface area contributed by atoms with Gasteiger partial charge in [-0.25, -0.2) is 0 Å². The van der Waals surface area contributed by atoms with E-state index in [-0.39, 0.29) is 16.7 Å². The van der Waals surface area contributed by atoms with Gasteiger partial charge in [-0.2, -0.15) is 0 Å². The summed E-state index contributed by atoms with van der Waals surface area (Å²) < 4.78 is 0. The fourth-order valence-corrected chi connectivity index (χ4v) is 2.36. The highest BCUT2D eigenvalue weighted by atomic mass is 16.6. The zero-order valence-electron chi connectivity index (χ0n) is 11.5. The maximum absolute atomic E-state index is 11.0. The summed E-state index contributed by atoms with van der Waals surface area (Å²) in [6.45, 7) is 2.04. The molecule has 104 valence electrons. The van der Waals surface area contributed by atoms with Crippen molar-refractivity contribution >= 4 is 5.69 Å². The van der Waals surface area contributed by atoms with E-state index in [9.17, 15) is 10.1 Å². The number of hydrogen-bond donors (Lipinski definition) is 1. The molecule has 0 spiro atoms. The molecule has 0 fully saturated rings. The normalized spacial score (nSPS) is 12.1. The lowest BCUT2D eigenvalue weighted by molar-refractivity contribution is -0.385. The van der Waals surface area contributed by atoms with E-state index in [1.165, 1.54) is 11.6 Å². The minimum Gasteiger partial charge on any atom is -0.327 e. The van der Waals surface area contributed by atoms with Gasteiger partial charge in [0.1, 0.15) is 0 Å². The van der Waals surface area contributed by atoms with Gasteiger partial charge in [-0.3, -0.25) is 10.1 Å². The number of nitro benzene ring substituents is 1. The van der Waals surface area contributed by atoms with Crippen LogP contribution in [0.3, 0.4) is 0 Å². The average Bonchev–Trinajstić information content (AvgIpc) is 2.38. The molecule has 2 aromatic rings. The molecule has 0 radical (unpaired) electrons. The van der Waals surface area contributed by atoms with E-state index < -0.39 is 0 Å². The lowest BCUT2D eigenvalue weighted by Crippen LogP contribution is -2.25. The van der Waals surface area contributed by atoms with E-state index in [1.54, 1.807) is 12.1 Å². The van der Waals surface area contributed by atoms with Crippen molar-refractivity contribution in [1.82, 2.24) is 0 Å². The topological polar surface area (TPSA) is 69.2 Å². The van der Waals surface area contributed by atoms with Crippen LogP contribution in [0.4, 0.5) is 5.69 Å². The van der Waals surface area contributed by atoms with Gasteiger partial charge in [0, 0.05) is 17.7 Å². The predicted molar refractivity (Wildman–Crippen MR) is 79.7 cm³/mol.